The molecule has 146 valence electrons. The second kappa shape index (κ2) is 8.70. The molecule has 0 bridgehead atoms. The van der Waals surface area contributed by atoms with E-state index in [1.807, 2.05) is 45.0 Å². The number of hydrogen-bond acceptors (Lipinski definition) is 3. The fraction of sp³-hybridized carbons (Fsp3) is 0.450. The molecule has 2 amide bonds. The van der Waals surface area contributed by atoms with Gasteiger partial charge in [0.2, 0.25) is 11.8 Å². The van der Waals surface area contributed by atoms with Crippen molar-refractivity contribution < 1.29 is 19.5 Å². The first-order valence-electron chi connectivity index (χ1n) is 9.04. The van der Waals surface area contributed by atoms with Crippen LogP contribution in [0.3, 0.4) is 0 Å². The molecule has 1 aromatic carbocycles. The third kappa shape index (κ3) is 5.84. The number of rotatable bonds is 8. The summed E-state index contributed by atoms with van der Waals surface area (Å²) >= 11 is 0. The number of aromatic amines is 1. The molecule has 4 N–H and O–H groups in total. The fourth-order valence-electron chi connectivity index (χ4n) is 2.70. The highest BCUT2D eigenvalue weighted by atomic mass is 16.4. The second-order valence-corrected chi connectivity index (χ2v) is 7.63. The van der Waals surface area contributed by atoms with E-state index >= 15 is 0 Å². The van der Waals surface area contributed by atoms with Gasteiger partial charge < -0.3 is 20.7 Å². The molecule has 0 aliphatic carbocycles. The quantitative estimate of drug-likeness (QED) is 0.532. The number of benzene rings is 1. The molecule has 0 spiro atoms. The Labute approximate surface area is 158 Å². The predicted molar refractivity (Wildman–Crippen MR) is 103 cm³/mol. The number of carbonyl (C=O) groups excluding carboxylic acids is 2. The smallest absolute Gasteiger partial charge is 0.326 e. The number of carboxylic acid groups (broad SMARTS) is 1. The molecule has 0 saturated carbocycles. The van der Waals surface area contributed by atoms with E-state index in [2.05, 4.69) is 15.6 Å². The summed E-state index contributed by atoms with van der Waals surface area (Å²) in [7, 11) is 0. The van der Waals surface area contributed by atoms with E-state index < -0.39 is 17.4 Å². The first-order valence-corrected chi connectivity index (χ1v) is 9.04. The number of hydrogen-bond donors (Lipinski definition) is 4. The molecule has 0 fully saturated rings. The molecule has 0 aliphatic rings. The molecule has 0 saturated heterocycles. The lowest BCUT2D eigenvalue weighted by molar-refractivity contribution is -0.141. The van der Waals surface area contributed by atoms with Gasteiger partial charge in [-0.3, -0.25) is 9.59 Å². The molecule has 1 heterocycles. The predicted octanol–water partition coefficient (Wildman–Crippen LogP) is 2.22. The highest BCUT2D eigenvalue weighted by Gasteiger charge is 2.22. The van der Waals surface area contributed by atoms with Crippen molar-refractivity contribution in [2.45, 2.75) is 46.1 Å². The van der Waals surface area contributed by atoms with Crippen molar-refractivity contribution in [2.75, 3.05) is 6.54 Å². The van der Waals surface area contributed by atoms with Crippen molar-refractivity contribution in [3.8, 4) is 0 Å². The molecule has 7 nitrogen and oxygen atoms in total. The van der Waals surface area contributed by atoms with E-state index in [1.165, 1.54) is 0 Å². The second-order valence-electron chi connectivity index (χ2n) is 7.63. The van der Waals surface area contributed by atoms with Crippen LogP contribution in [0.4, 0.5) is 0 Å². The standard InChI is InChI=1S/C20H27N3O4/c1-20(2,3)19(27)21-10-6-9-17(24)23-16(18(25)26)11-13-12-22-15-8-5-4-7-14(13)15/h4-5,7-8,12,16,22H,6,9-11H2,1-3H3,(H,21,27)(H,23,24)(H,25,26). The van der Waals surface area contributed by atoms with Gasteiger partial charge in [-0.25, -0.2) is 4.79 Å². The van der Waals surface area contributed by atoms with Crippen LogP contribution in [-0.4, -0.2) is 40.5 Å². The Hall–Kier alpha value is -2.83. The highest BCUT2D eigenvalue weighted by molar-refractivity contribution is 5.86. The van der Waals surface area contributed by atoms with Crippen LogP contribution in [0.25, 0.3) is 10.9 Å². The molecule has 1 aromatic heterocycles. The van der Waals surface area contributed by atoms with Crippen molar-refractivity contribution >= 4 is 28.7 Å². The lowest BCUT2D eigenvalue weighted by atomic mass is 9.96. The fourth-order valence-corrected chi connectivity index (χ4v) is 2.70. The number of amides is 2. The van der Waals surface area contributed by atoms with Gasteiger partial charge in [0.25, 0.3) is 0 Å². The van der Waals surface area contributed by atoms with Gasteiger partial charge in [0.05, 0.1) is 0 Å². The summed E-state index contributed by atoms with van der Waals surface area (Å²) in [5, 5.41) is 15.7. The Morgan fingerprint density at radius 3 is 2.56 bits per heavy atom. The van der Waals surface area contributed by atoms with Gasteiger partial charge in [-0.2, -0.15) is 0 Å². The Morgan fingerprint density at radius 2 is 1.89 bits per heavy atom. The molecule has 2 rings (SSSR count). The third-order valence-electron chi connectivity index (χ3n) is 4.28. The van der Waals surface area contributed by atoms with Gasteiger partial charge in [-0.15, -0.1) is 0 Å². The maximum absolute atomic E-state index is 12.1. The third-order valence-corrected chi connectivity index (χ3v) is 4.28. The zero-order valence-corrected chi connectivity index (χ0v) is 16.0. The van der Waals surface area contributed by atoms with Gasteiger partial charge in [-0.05, 0) is 18.1 Å². The van der Waals surface area contributed by atoms with Crippen LogP contribution in [-0.2, 0) is 20.8 Å². The molecule has 0 radical (unpaired) electrons. The molecule has 1 unspecified atom stereocenters. The van der Waals surface area contributed by atoms with Gasteiger partial charge in [0, 0.05) is 41.9 Å². The summed E-state index contributed by atoms with van der Waals surface area (Å²) in [5.41, 5.74) is 1.30. The minimum atomic E-state index is -1.07. The molecular weight excluding hydrogens is 346 g/mol. The lowest BCUT2D eigenvalue weighted by Crippen LogP contribution is -2.42. The zero-order chi connectivity index (χ0) is 20.0. The summed E-state index contributed by atoms with van der Waals surface area (Å²) in [6.45, 7) is 5.83. The number of carboxylic acids is 1. The minimum absolute atomic E-state index is 0.0781. The summed E-state index contributed by atoms with van der Waals surface area (Å²) in [4.78, 5) is 38.5. The monoisotopic (exact) mass is 373 g/mol. The summed E-state index contributed by atoms with van der Waals surface area (Å²) < 4.78 is 0. The van der Waals surface area contributed by atoms with Crippen LogP contribution >= 0.6 is 0 Å². The topological polar surface area (TPSA) is 111 Å². The van der Waals surface area contributed by atoms with Crippen molar-refractivity contribution in [1.82, 2.24) is 15.6 Å². The van der Waals surface area contributed by atoms with Gasteiger partial charge in [0.15, 0.2) is 0 Å². The van der Waals surface area contributed by atoms with Gasteiger partial charge >= 0.3 is 5.97 Å². The van der Waals surface area contributed by atoms with Crippen LogP contribution < -0.4 is 10.6 Å². The minimum Gasteiger partial charge on any atom is -0.480 e. The average Bonchev–Trinajstić information content (AvgIpc) is 3.00. The summed E-state index contributed by atoms with van der Waals surface area (Å²) in [5.74, 6) is -1.49. The molecule has 2 aromatic rings. The summed E-state index contributed by atoms with van der Waals surface area (Å²) in [6.07, 6.45) is 2.58. The summed E-state index contributed by atoms with van der Waals surface area (Å²) in [6, 6.07) is 6.62. The number of H-pyrrole nitrogens is 1. The Kier molecular flexibility index (Phi) is 6.60. The lowest BCUT2D eigenvalue weighted by Gasteiger charge is -2.18. The molecular formula is C20H27N3O4. The Balaban J connectivity index is 1.86. The van der Waals surface area contributed by atoms with Crippen molar-refractivity contribution in [1.29, 1.82) is 0 Å². The Morgan fingerprint density at radius 1 is 1.19 bits per heavy atom. The number of carbonyl (C=O) groups is 3. The van der Waals surface area contributed by atoms with E-state index in [0.717, 1.165) is 16.5 Å². The van der Waals surface area contributed by atoms with E-state index in [1.54, 1.807) is 6.20 Å². The van der Waals surface area contributed by atoms with E-state index in [4.69, 9.17) is 0 Å². The number of para-hydroxylation sites is 1. The molecule has 7 heteroatoms. The van der Waals surface area contributed by atoms with Crippen LogP contribution in [0.5, 0.6) is 0 Å². The van der Waals surface area contributed by atoms with E-state index in [9.17, 15) is 19.5 Å². The number of fused-ring (bicyclic) bond motifs is 1. The maximum Gasteiger partial charge on any atom is 0.326 e. The number of nitrogens with one attached hydrogen (secondary N) is 3. The first-order chi connectivity index (χ1) is 12.7. The normalized spacial score (nSPS) is 12.6. The van der Waals surface area contributed by atoms with Crippen molar-refractivity contribution in [3.63, 3.8) is 0 Å². The van der Waals surface area contributed by atoms with Crippen LogP contribution in [0, 0.1) is 5.41 Å². The van der Waals surface area contributed by atoms with Gasteiger partial charge in [0.1, 0.15) is 6.04 Å². The van der Waals surface area contributed by atoms with E-state index in [0.29, 0.717) is 13.0 Å². The van der Waals surface area contributed by atoms with Crippen molar-refractivity contribution in [2.24, 2.45) is 5.41 Å². The number of aliphatic carboxylic acids is 1. The van der Waals surface area contributed by atoms with Crippen molar-refractivity contribution in [3.05, 3.63) is 36.0 Å². The zero-order valence-electron chi connectivity index (χ0n) is 16.0. The SMILES string of the molecule is CC(C)(C)C(=O)NCCCC(=O)NC(Cc1c[nH]c2ccccc12)C(=O)O. The average molecular weight is 373 g/mol. The van der Waals surface area contributed by atoms with Gasteiger partial charge in [-0.1, -0.05) is 39.0 Å². The molecule has 1 atom stereocenters. The largest absolute Gasteiger partial charge is 0.480 e. The Bertz CT molecular complexity index is 820. The van der Waals surface area contributed by atoms with Crippen LogP contribution in [0.1, 0.15) is 39.2 Å². The first kappa shape index (κ1) is 20.5. The maximum atomic E-state index is 12.1. The molecule has 0 aliphatic heterocycles. The van der Waals surface area contributed by atoms with Crippen LogP contribution in [0.2, 0.25) is 0 Å². The highest BCUT2D eigenvalue weighted by Crippen LogP contribution is 2.19. The number of aromatic nitrogens is 1. The molecule has 27 heavy (non-hydrogen) atoms. The van der Waals surface area contributed by atoms with Crippen LogP contribution in [0.15, 0.2) is 30.5 Å². The van der Waals surface area contributed by atoms with E-state index in [-0.39, 0.29) is 24.7 Å².